The van der Waals surface area contributed by atoms with Gasteiger partial charge in [-0.1, -0.05) is 31.2 Å². The maximum atomic E-state index is 12.5. The third-order valence-corrected chi connectivity index (χ3v) is 3.91. The highest BCUT2D eigenvalue weighted by Gasteiger charge is 2.18. The Balaban J connectivity index is 1.61. The van der Waals surface area contributed by atoms with E-state index in [1.54, 1.807) is 30.3 Å². The molecule has 2 N–H and O–H groups in total. The molecule has 0 fully saturated rings. The van der Waals surface area contributed by atoms with Gasteiger partial charge in [0.15, 0.2) is 0 Å². The van der Waals surface area contributed by atoms with E-state index >= 15 is 0 Å². The predicted molar refractivity (Wildman–Crippen MR) is 108 cm³/mol. The topological polar surface area (TPSA) is 89.8 Å². The van der Waals surface area contributed by atoms with Crippen LogP contribution >= 0.6 is 0 Å². The summed E-state index contributed by atoms with van der Waals surface area (Å²) in [6.07, 6.45) is 2.25. The minimum Gasteiger partial charge on any atom is -0.489 e. The lowest BCUT2D eigenvalue weighted by molar-refractivity contribution is 0.0697. The Labute approximate surface area is 168 Å². The highest BCUT2D eigenvalue weighted by atomic mass is 16.5. The largest absolute Gasteiger partial charge is 0.489 e. The lowest BCUT2D eigenvalue weighted by atomic mass is 10.2. The number of carbonyl (C=O) groups is 2. The number of para-hydroxylation sites is 1. The van der Waals surface area contributed by atoms with Crippen LogP contribution in [0.25, 0.3) is 0 Å². The molecule has 0 atom stereocenters. The monoisotopic (exact) mass is 394 g/mol. The van der Waals surface area contributed by atoms with Crippen LogP contribution in [0.5, 0.6) is 11.5 Å². The second kappa shape index (κ2) is 9.98. The van der Waals surface area contributed by atoms with Gasteiger partial charge in [0.2, 0.25) is 5.76 Å². The van der Waals surface area contributed by atoms with Gasteiger partial charge >= 0.3 is 12.0 Å². The third kappa shape index (κ3) is 5.87. The van der Waals surface area contributed by atoms with Crippen LogP contribution in [0.4, 0.5) is 10.5 Å². The summed E-state index contributed by atoms with van der Waals surface area (Å²) in [6.45, 7) is 2.71. The van der Waals surface area contributed by atoms with E-state index in [1.807, 2.05) is 37.3 Å². The van der Waals surface area contributed by atoms with Crippen molar-refractivity contribution in [3.05, 3.63) is 78.3 Å². The van der Waals surface area contributed by atoms with E-state index in [4.69, 9.17) is 13.9 Å². The van der Waals surface area contributed by atoms with Crippen LogP contribution < -0.4 is 20.1 Å². The van der Waals surface area contributed by atoms with E-state index < -0.39 is 5.97 Å². The molecule has 7 nitrogen and oxygen atoms in total. The fourth-order valence-corrected chi connectivity index (χ4v) is 2.51. The van der Waals surface area contributed by atoms with E-state index in [-0.39, 0.29) is 24.1 Å². The van der Waals surface area contributed by atoms with Gasteiger partial charge in [-0.3, -0.25) is 0 Å². The molecule has 0 aliphatic heterocycles. The van der Waals surface area contributed by atoms with Crippen molar-refractivity contribution >= 4 is 17.7 Å². The molecule has 3 aromatic rings. The number of benzene rings is 2. The van der Waals surface area contributed by atoms with Gasteiger partial charge in [-0.2, -0.15) is 0 Å². The van der Waals surface area contributed by atoms with Crippen molar-refractivity contribution in [3.8, 4) is 11.5 Å². The SMILES string of the molecule is CCCNC(=O)Nc1cccc(OC(=O)c2occc2COc2ccccc2)c1. The smallest absolute Gasteiger partial charge is 0.380 e. The molecule has 0 saturated carbocycles. The van der Waals surface area contributed by atoms with Gasteiger partial charge in [0.1, 0.15) is 18.1 Å². The number of urea groups is 1. The number of hydrogen-bond donors (Lipinski definition) is 2. The predicted octanol–water partition coefficient (Wildman–Crippen LogP) is 4.61. The number of furan rings is 1. The number of carbonyl (C=O) groups excluding carboxylic acids is 2. The van der Waals surface area contributed by atoms with Crippen LogP contribution in [0.2, 0.25) is 0 Å². The van der Waals surface area contributed by atoms with Crippen LogP contribution in [0.1, 0.15) is 29.5 Å². The average molecular weight is 394 g/mol. The summed E-state index contributed by atoms with van der Waals surface area (Å²) in [5.74, 6) is 0.400. The summed E-state index contributed by atoms with van der Waals surface area (Å²) < 4.78 is 16.4. The van der Waals surface area contributed by atoms with Crippen molar-refractivity contribution in [2.75, 3.05) is 11.9 Å². The van der Waals surface area contributed by atoms with Crippen LogP contribution in [0.15, 0.2) is 71.3 Å². The van der Waals surface area contributed by atoms with Crippen molar-refractivity contribution < 1.29 is 23.5 Å². The van der Waals surface area contributed by atoms with Crippen LogP contribution in [0.3, 0.4) is 0 Å². The standard InChI is InChI=1S/C22H22N2O5/c1-2-12-23-22(26)24-17-7-6-10-19(14-17)29-21(25)20-16(11-13-27-20)15-28-18-8-4-3-5-9-18/h3-11,13-14H,2,12,15H2,1H3,(H2,23,24,26). The molecule has 2 amide bonds. The molecule has 2 aromatic carbocycles. The van der Waals surface area contributed by atoms with E-state index in [0.717, 1.165) is 6.42 Å². The number of amides is 2. The van der Waals surface area contributed by atoms with Crippen molar-refractivity contribution in [2.45, 2.75) is 20.0 Å². The number of anilines is 1. The van der Waals surface area contributed by atoms with E-state index in [0.29, 0.717) is 23.5 Å². The maximum absolute atomic E-state index is 12.5. The zero-order valence-corrected chi connectivity index (χ0v) is 16.0. The summed E-state index contributed by atoms with van der Waals surface area (Å²) in [5, 5.41) is 5.40. The van der Waals surface area contributed by atoms with Gasteiger partial charge in [-0.05, 0) is 36.8 Å². The second-order valence-corrected chi connectivity index (χ2v) is 6.17. The lowest BCUT2D eigenvalue weighted by Crippen LogP contribution is -2.29. The fraction of sp³-hybridized carbons (Fsp3) is 0.182. The van der Waals surface area contributed by atoms with E-state index in [2.05, 4.69) is 10.6 Å². The highest BCUT2D eigenvalue weighted by molar-refractivity contribution is 5.91. The molecular formula is C22H22N2O5. The Kier molecular flexibility index (Phi) is 6.89. The number of rotatable bonds is 8. The number of esters is 1. The fourth-order valence-electron chi connectivity index (χ4n) is 2.51. The molecular weight excluding hydrogens is 372 g/mol. The molecule has 0 aliphatic carbocycles. The summed E-state index contributed by atoms with van der Waals surface area (Å²) >= 11 is 0. The van der Waals surface area contributed by atoms with Crippen molar-refractivity contribution in [1.29, 1.82) is 0 Å². The van der Waals surface area contributed by atoms with Crippen LogP contribution in [0, 0.1) is 0 Å². The number of hydrogen-bond acceptors (Lipinski definition) is 5. The molecule has 0 saturated heterocycles. The molecule has 0 radical (unpaired) electrons. The maximum Gasteiger partial charge on any atom is 0.380 e. The first-order chi connectivity index (χ1) is 14.2. The Morgan fingerprint density at radius 1 is 1.00 bits per heavy atom. The minimum atomic E-state index is -0.644. The Morgan fingerprint density at radius 2 is 1.79 bits per heavy atom. The quantitative estimate of drug-likeness (QED) is 0.430. The minimum absolute atomic E-state index is 0.0694. The molecule has 0 bridgehead atoms. The molecule has 1 heterocycles. The molecule has 0 unspecified atom stereocenters. The summed E-state index contributed by atoms with van der Waals surface area (Å²) in [4.78, 5) is 24.3. The molecule has 29 heavy (non-hydrogen) atoms. The molecule has 0 spiro atoms. The first-order valence-electron chi connectivity index (χ1n) is 9.27. The van der Waals surface area contributed by atoms with Gasteiger partial charge in [0, 0.05) is 23.9 Å². The second-order valence-electron chi connectivity index (χ2n) is 6.17. The summed E-state index contributed by atoms with van der Waals surface area (Å²) in [6, 6.07) is 17.2. The van der Waals surface area contributed by atoms with Gasteiger partial charge in [-0.15, -0.1) is 0 Å². The summed E-state index contributed by atoms with van der Waals surface area (Å²) in [5.41, 5.74) is 1.09. The first-order valence-corrected chi connectivity index (χ1v) is 9.27. The first kappa shape index (κ1) is 20.0. The third-order valence-electron chi connectivity index (χ3n) is 3.91. The van der Waals surface area contributed by atoms with Crippen molar-refractivity contribution in [3.63, 3.8) is 0 Å². The van der Waals surface area contributed by atoms with E-state index in [9.17, 15) is 9.59 Å². The van der Waals surface area contributed by atoms with Crippen LogP contribution in [-0.4, -0.2) is 18.5 Å². The Bertz CT molecular complexity index is 953. The lowest BCUT2D eigenvalue weighted by Gasteiger charge is -2.09. The average Bonchev–Trinajstić information content (AvgIpc) is 3.20. The molecule has 0 aliphatic rings. The molecule has 1 aromatic heterocycles. The van der Waals surface area contributed by atoms with Gasteiger partial charge in [0.25, 0.3) is 0 Å². The zero-order valence-electron chi connectivity index (χ0n) is 16.0. The van der Waals surface area contributed by atoms with Gasteiger partial charge in [-0.25, -0.2) is 9.59 Å². The van der Waals surface area contributed by atoms with Crippen LogP contribution in [-0.2, 0) is 6.61 Å². The van der Waals surface area contributed by atoms with Crippen molar-refractivity contribution in [1.82, 2.24) is 5.32 Å². The van der Waals surface area contributed by atoms with Gasteiger partial charge < -0.3 is 24.5 Å². The summed E-state index contributed by atoms with van der Waals surface area (Å²) in [7, 11) is 0. The zero-order chi connectivity index (χ0) is 20.5. The normalized spacial score (nSPS) is 10.2. The number of ether oxygens (including phenoxy) is 2. The van der Waals surface area contributed by atoms with E-state index in [1.165, 1.54) is 6.26 Å². The Morgan fingerprint density at radius 3 is 2.59 bits per heavy atom. The Hall–Kier alpha value is -3.74. The molecule has 7 heteroatoms. The number of nitrogens with one attached hydrogen (secondary N) is 2. The molecule has 150 valence electrons. The molecule has 3 rings (SSSR count). The highest BCUT2D eigenvalue weighted by Crippen LogP contribution is 2.21. The van der Waals surface area contributed by atoms with Crippen molar-refractivity contribution in [2.24, 2.45) is 0 Å². The van der Waals surface area contributed by atoms with Gasteiger partial charge in [0.05, 0.1) is 6.26 Å².